The topological polar surface area (TPSA) is 88.2 Å². The van der Waals surface area contributed by atoms with Gasteiger partial charge in [-0.15, -0.1) is 5.01 Å². The fourth-order valence-corrected chi connectivity index (χ4v) is 1.88. The van der Waals surface area contributed by atoms with Crippen LogP contribution in [0, 0.1) is 11.1 Å². The van der Waals surface area contributed by atoms with Crippen molar-refractivity contribution < 1.29 is 19.7 Å². The Labute approximate surface area is 113 Å². The fraction of sp³-hybridized carbons (Fsp3) is 0.917. The zero-order valence-electron chi connectivity index (χ0n) is 12.0. The molecule has 0 aromatic heterocycles. The van der Waals surface area contributed by atoms with Gasteiger partial charge in [0.15, 0.2) is 0 Å². The van der Waals surface area contributed by atoms with Gasteiger partial charge in [0.1, 0.15) is 6.10 Å². The number of hydrogen-bond donors (Lipinski definition) is 1. The van der Waals surface area contributed by atoms with Gasteiger partial charge in [-0.1, -0.05) is 0 Å². The van der Waals surface area contributed by atoms with Gasteiger partial charge < -0.3 is 15.2 Å². The zero-order valence-corrected chi connectivity index (χ0v) is 12.0. The predicted molar refractivity (Wildman–Crippen MR) is 68.0 cm³/mol. The van der Waals surface area contributed by atoms with Crippen molar-refractivity contribution in [1.29, 1.82) is 0 Å². The highest BCUT2D eigenvalue weighted by Crippen LogP contribution is 2.26. The van der Waals surface area contributed by atoms with E-state index in [1.165, 1.54) is 5.01 Å². The Morgan fingerprint density at radius 1 is 1.47 bits per heavy atom. The van der Waals surface area contributed by atoms with Crippen molar-refractivity contribution in [3.63, 3.8) is 0 Å². The molecule has 0 spiro atoms. The first-order valence-electron chi connectivity index (χ1n) is 6.52. The Hall–Kier alpha value is -1.53. The van der Waals surface area contributed by atoms with Crippen molar-refractivity contribution >= 4 is 5.97 Å². The van der Waals surface area contributed by atoms with Gasteiger partial charge in [-0.25, -0.2) is 0 Å². The van der Waals surface area contributed by atoms with Crippen molar-refractivity contribution in [2.24, 2.45) is 11.2 Å². The summed E-state index contributed by atoms with van der Waals surface area (Å²) < 4.78 is 0. The highest BCUT2D eigenvalue weighted by atomic mass is 16.7. The number of rotatable bonds is 4. The van der Waals surface area contributed by atoms with Crippen LogP contribution in [0.15, 0.2) is 5.28 Å². The molecular weight excluding hydrogens is 250 g/mol. The molecule has 0 aromatic rings. The molecule has 0 amide bonds. The highest BCUT2D eigenvalue weighted by molar-refractivity contribution is 5.70. The molecule has 110 valence electrons. The van der Waals surface area contributed by atoms with Crippen molar-refractivity contribution in [2.45, 2.75) is 58.1 Å². The number of carboxylic acids is 1. The molecule has 0 radical (unpaired) electrons. The van der Waals surface area contributed by atoms with Crippen LogP contribution in [0.2, 0.25) is 0 Å². The summed E-state index contributed by atoms with van der Waals surface area (Å²) in [5.41, 5.74) is -0.356. The molecule has 1 saturated carbocycles. The van der Waals surface area contributed by atoms with E-state index in [1.807, 2.05) is 20.8 Å². The summed E-state index contributed by atoms with van der Waals surface area (Å²) in [4.78, 5) is 16.5. The van der Waals surface area contributed by atoms with E-state index in [9.17, 15) is 10.0 Å². The monoisotopic (exact) mass is 273 g/mol. The second-order valence-corrected chi connectivity index (χ2v) is 5.96. The average Bonchev–Trinajstić information content (AvgIpc) is 2.34. The van der Waals surface area contributed by atoms with Crippen molar-refractivity contribution in [3.8, 4) is 0 Å². The molecule has 7 heteroatoms. The summed E-state index contributed by atoms with van der Waals surface area (Å²) in [6, 6.07) is 0. The van der Waals surface area contributed by atoms with Crippen LogP contribution in [-0.2, 0) is 9.63 Å². The van der Waals surface area contributed by atoms with Crippen LogP contribution in [0.4, 0.5) is 0 Å². The minimum Gasteiger partial charge on any atom is -0.569 e. The first-order valence-corrected chi connectivity index (χ1v) is 6.52. The average molecular weight is 273 g/mol. The molecule has 0 aliphatic heterocycles. The molecule has 1 rings (SSSR count). The van der Waals surface area contributed by atoms with Crippen molar-refractivity contribution in [2.75, 3.05) is 7.05 Å². The molecule has 7 nitrogen and oxygen atoms in total. The van der Waals surface area contributed by atoms with Crippen molar-refractivity contribution in [3.05, 3.63) is 5.21 Å². The molecule has 2 atom stereocenters. The molecule has 1 aliphatic carbocycles. The Kier molecular flexibility index (Phi) is 4.97. The lowest BCUT2D eigenvalue weighted by atomic mass is 9.87. The fourth-order valence-electron chi connectivity index (χ4n) is 1.88. The van der Waals surface area contributed by atoms with Crippen LogP contribution in [0.3, 0.4) is 0 Å². The standard InChI is InChI=1S/C12H23N3O4/c1-12(2,3)14(4)15(18)13-19-10-7-5-6-9(8-10)11(16)17/h9-10H,5-8H2,1-4H3,(H,16,17)/b15-13-/t9-,10+/m1/s1. The molecule has 0 heterocycles. The van der Waals surface area contributed by atoms with E-state index in [4.69, 9.17) is 9.94 Å². The lowest BCUT2D eigenvalue weighted by molar-refractivity contribution is -0.720. The van der Waals surface area contributed by atoms with Crippen LogP contribution in [-0.4, -0.2) is 39.7 Å². The summed E-state index contributed by atoms with van der Waals surface area (Å²) in [5.74, 6) is -1.20. The second kappa shape index (κ2) is 6.08. The van der Waals surface area contributed by atoms with E-state index in [2.05, 4.69) is 5.28 Å². The van der Waals surface area contributed by atoms with E-state index in [-0.39, 0.29) is 11.6 Å². The summed E-state index contributed by atoms with van der Waals surface area (Å²) in [6.45, 7) is 5.65. The van der Waals surface area contributed by atoms with Crippen LogP contribution in [0.25, 0.3) is 0 Å². The van der Waals surface area contributed by atoms with Crippen LogP contribution >= 0.6 is 0 Å². The Morgan fingerprint density at radius 3 is 2.63 bits per heavy atom. The first kappa shape index (κ1) is 15.5. The number of hydrazine groups is 1. The van der Waals surface area contributed by atoms with Crippen molar-refractivity contribution in [1.82, 2.24) is 5.01 Å². The molecule has 1 fully saturated rings. The molecule has 0 unspecified atom stereocenters. The molecule has 1 N–H and O–H groups in total. The lowest BCUT2D eigenvalue weighted by Crippen LogP contribution is -2.42. The maximum absolute atomic E-state index is 11.7. The molecule has 0 saturated heterocycles. The quantitative estimate of drug-likeness (QED) is 0.482. The highest BCUT2D eigenvalue weighted by Gasteiger charge is 2.29. The van der Waals surface area contributed by atoms with Crippen LogP contribution in [0.5, 0.6) is 0 Å². The van der Waals surface area contributed by atoms with Crippen LogP contribution in [0.1, 0.15) is 46.5 Å². The summed E-state index contributed by atoms with van der Waals surface area (Å²) >= 11 is 0. The molecule has 0 aromatic carbocycles. The van der Waals surface area contributed by atoms with Gasteiger partial charge in [0.25, 0.3) is 0 Å². The number of hydrogen-bond acceptors (Lipinski definition) is 4. The SMILES string of the molecule is CN(/[N+]([O-])=N/O[C@H]1CCC[C@@H](C(=O)O)C1)C(C)(C)C. The third-order valence-electron chi connectivity index (χ3n) is 3.47. The molecule has 0 bridgehead atoms. The van der Waals surface area contributed by atoms with Gasteiger partial charge in [-0.05, 0) is 40.0 Å². The molecule has 1 aliphatic rings. The maximum atomic E-state index is 11.7. The zero-order chi connectivity index (χ0) is 14.6. The van der Waals surface area contributed by atoms with Gasteiger partial charge >= 0.3 is 5.97 Å². The minimum atomic E-state index is -0.806. The van der Waals surface area contributed by atoms with Gasteiger partial charge in [0.05, 0.1) is 23.5 Å². The molecule has 19 heavy (non-hydrogen) atoms. The summed E-state index contributed by atoms with van der Waals surface area (Å²) in [5, 5.41) is 25.6. The van der Waals surface area contributed by atoms with Gasteiger partial charge in [0.2, 0.25) is 5.28 Å². The summed E-state index contributed by atoms with van der Waals surface area (Å²) in [6.07, 6.45) is 2.30. The van der Waals surface area contributed by atoms with E-state index in [0.717, 1.165) is 12.8 Å². The summed E-state index contributed by atoms with van der Waals surface area (Å²) in [7, 11) is 1.63. The third kappa shape index (κ3) is 4.57. The normalized spacial score (nSPS) is 24.9. The van der Waals surface area contributed by atoms with E-state index >= 15 is 0 Å². The Morgan fingerprint density at radius 2 is 2.11 bits per heavy atom. The van der Waals surface area contributed by atoms with Crippen LogP contribution < -0.4 is 0 Å². The number of carboxylic acid groups (broad SMARTS) is 1. The lowest BCUT2D eigenvalue weighted by Gasteiger charge is -2.27. The van der Waals surface area contributed by atoms with E-state index < -0.39 is 11.9 Å². The largest absolute Gasteiger partial charge is 0.569 e. The Bertz CT molecular complexity index is 351. The van der Waals surface area contributed by atoms with Gasteiger partial charge in [0, 0.05) is 6.42 Å². The van der Waals surface area contributed by atoms with Gasteiger partial charge in [-0.3, -0.25) is 4.79 Å². The minimum absolute atomic E-state index is 0.292. The maximum Gasteiger partial charge on any atom is 0.306 e. The predicted octanol–water partition coefficient (Wildman–Crippen LogP) is 2.17. The number of carbonyl (C=O) groups is 1. The first-order chi connectivity index (χ1) is 8.71. The van der Waals surface area contributed by atoms with E-state index in [1.54, 1.807) is 7.05 Å². The Balaban J connectivity index is 2.53. The van der Waals surface area contributed by atoms with E-state index in [0.29, 0.717) is 17.8 Å². The third-order valence-corrected chi connectivity index (χ3v) is 3.47. The second-order valence-electron chi connectivity index (χ2n) is 5.96. The smallest absolute Gasteiger partial charge is 0.306 e. The molecular formula is C12H23N3O4. The van der Waals surface area contributed by atoms with Gasteiger partial charge in [-0.2, -0.15) is 0 Å². The number of aliphatic carboxylic acids is 1. The number of nitrogens with zero attached hydrogens (tertiary/aromatic N) is 3.